The van der Waals surface area contributed by atoms with Crippen molar-refractivity contribution in [3.05, 3.63) is 30.3 Å². The fraction of sp³-hybridized carbons (Fsp3) is 0.167. The van der Waals surface area contributed by atoms with Crippen LogP contribution in [0.15, 0.2) is 35.3 Å². The molecule has 19 heavy (non-hydrogen) atoms. The molecule has 0 saturated heterocycles. The Morgan fingerprint density at radius 2 is 1.95 bits per heavy atom. The van der Waals surface area contributed by atoms with Gasteiger partial charge in [-0.3, -0.25) is 0 Å². The van der Waals surface area contributed by atoms with Gasteiger partial charge in [-0.05, 0) is 31.0 Å². The Bertz CT molecular complexity index is 570. The summed E-state index contributed by atoms with van der Waals surface area (Å²) in [6.07, 6.45) is 1.77. The lowest BCUT2D eigenvalue weighted by Crippen LogP contribution is -2.06. The number of rotatable bonds is 4. The van der Waals surface area contributed by atoms with Crippen LogP contribution in [0.3, 0.4) is 0 Å². The zero-order valence-corrected chi connectivity index (χ0v) is 15.3. The van der Waals surface area contributed by atoms with Crippen LogP contribution < -0.4 is 4.62 Å². The van der Waals surface area contributed by atoms with Crippen LogP contribution in [0.1, 0.15) is 0 Å². The second kappa shape index (κ2) is 6.93. The molecule has 0 radical (unpaired) electrons. The molecular formula is C12H12Br2N3PS. The van der Waals surface area contributed by atoms with E-state index in [4.69, 9.17) is 0 Å². The second-order valence-corrected chi connectivity index (χ2v) is 13.3. The molecule has 100 valence electrons. The number of aliphatic imine (C=N–C) groups is 1. The Morgan fingerprint density at radius 1 is 1.26 bits per heavy atom. The molecule has 3 nitrogen and oxygen atoms in total. The number of halogens is 2. The van der Waals surface area contributed by atoms with Crippen LogP contribution in [0.25, 0.3) is 11.3 Å². The molecule has 0 spiro atoms. The standard InChI is InChI=1S/C12H12Br2N3PS/c1-17(2)8-15-12-16-10(11(19-12)18(13)14)9-6-4-3-5-7-9/h3-8H,1-2H3/b15-8+. The van der Waals surface area contributed by atoms with Crippen molar-refractivity contribution < 1.29 is 0 Å². The van der Waals surface area contributed by atoms with Crippen molar-refractivity contribution >= 4 is 63.7 Å². The van der Waals surface area contributed by atoms with Gasteiger partial charge in [0.1, 0.15) is 0 Å². The Kier molecular flexibility index (Phi) is 5.51. The summed E-state index contributed by atoms with van der Waals surface area (Å²) < 4.78 is 1.19. The van der Waals surface area contributed by atoms with Gasteiger partial charge in [-0.1, -0.05) is 41.7 Å². The molecule has 2 rings (SSSR count). The first-order valence-corrected chi connectivity index (χ1v) is 11.7. The van der Waals surface area contributed by atoms with Crippen molar-refractivity contribution in [2.24, 2.45) is 4.99 Å². The quantitative estimate of drug-likeness (QED) is 0.405. The molecule has 0 bridgehead atoms. The molecule has 1 aromatic carbocycles. The van der Waals surface area contributed by atoms with Crippen LogP contribution in [0.5, 0.6) is 0 Å². The van der Waals surface area contributed by atoms with E-state index in [0.29, 0.717) is 0 Å². The Morgan fingerprint density at radius 3 is 2.53 bits per heavy atom. The Labute approximate surface area is 134 Å². The predicted molar refractivity (Wildman–Crippen MR) is 93.8 cm³/mol. The van der Waals surface area contributed by atoms with E-state index >= 15 is 0 Å². The summed E-state index contributed by atoms with van der Waals surface area (Å²) in [7, 11) is 3.88. The van der Waals surface area contributed by atoms with Crippen molar-refractivity contribution in [3.8, 4) is 11.3 Å². The number of hydrogen-bond donors (Lipinski definition) is 0. The van der Waals surface area contributed by atoms with Crippen LogP contribution in [-0.4, -0.2) is 30.3 Å². The van der Waals surface area contributed by atoms with Crippen LogP contribution in [0.4, 0.5) is 5.13 Å². The average molecular weight is 421 g/mol. The van der Waals surface area contributed by atoms with Crippen molar-refractivity contribution in [2.75, 3.05) is 14.1 Å². The lowest BCUT2D eigenvalue weighted by atomic mass is 10.2. The Balaban J connectivity index is 2.42. The van der Waals surface area contributed by atoms with Gasteiger partial charge < -0.3 is 4.90 Å². The van der Waals surface area contributed by atoms with E-state index < -0.39 is 5.33 Å². The zero-order chi connectivity index (χ0) is 13.8. The average Bonchev–Trinajstić information content (AvgIpc) is 2.82. The third-order valence-corrected chi connectivity index (χ3v) is 7.84. The smallest absolute Gasteiger partial charge is 0.211 e. The van der Waals surface area contributed by atoms with Crippen molar-refractivity contribution in [1.29, 1.82) is 0 Å². The number of hydrogen-bond acceptors (Lipinski definition) is 3. The molecule has 0 saturated carbocycles. The summed E-state index contributed by atoms with van der Waals surface area (Å²) in [5.74, 6) is 0. The first kappa shape index (κ1) is 15.1. The molecular weight excluding hydrogens is 409 g/mol. The van der Waals surface area contributed by atoms with Gasteiger partial charge in [0.2, 0.25) is 5.13 Å². The number of benzene rings is 1. The van der Waals surface area contributed by atoms with Crippen LogP contribution in [0.2, 0.25) is 0 Å². The van der Waals surface area contributed by atoms with Gasteiger partial charge in [0.25, 0.3) is 0 Å². The van der Waals surface area contributed by atoms with Gasteiger partial charge in [-0.15, -0.1) is 0 Å². The highest BCUT2D eigenvalue weighted by molar-refractivity contribution is 9.70. The SMILES string of the molecule is CN(C)/C=N/c1nc(-c2ccccc2)c(P(Br)Br)s1. The minimum Gasteiger partial charge on any atom is -0.369 e. The van der Waals surface area contributed by atoms with E-state index in [1.807, 2.05) is 37.2 Å². The van der Waals surface area contributed by atoms with Gasteiger partial charge in [-0.2, -0.15) is 0 Å². The molecule has 0 aliphatic carbocycles. The topological polar surface area (TPSA) is 28.5 Å². The molecule has 0 aliphatic rings. The van der Waals surface area contributed by atoms with Crippen molar-refractivity contribution in [3.63, 3.8) is 0 Å². The molecule has 1 heterocycles. The number of nitrogens with zero attached hydrogens (tertiary/aromatic N) is 3. The highest BCUT2D eigenvalue weighted by Gasteiger charge is 2.17. The minimum absolute atomic E-state index is 0.552. The van der Waals surface area contributed by atoms with E-state index in [-0.39, 0.29) is 0 Å². The van der Waals surface area contributed by atoms with Gasteiger partial charge >= 0.3 is 0 Å². The molecule has 0 amide bonds. The van der Waals surface area contributed by atoms with Crippen LogP contribution >= 0.6 is 47.6 Å². The fourth-order valence-corrected chi connectivity index (χ4v) is 5.26. The molecule has 7 heteroatoms. The van der Waals surface area contributed by atoms with Gasteiger partial charge in [0, 0.05) is 19.7 Å². The number of aromatic nitrogens is 1. The third kappa shape index (κ3) is 4.09. The zero-order valence-electron chi connectivity index (χ0n) is 10.4. The highest BCUT2D eigenvalue weighted by Crippen LogP contribution is 2.54. The third-order valence-electron chi connectivity index (χ3n) is 2.20. The highest BCUT2D eigenvalue weighted by atomic mass is 79.9. The van der Waals surface area contributed by atoms with Gasteiger partial charge in [0.05, 0.1) is 22.0 Å². The van der Waals surface area contributed by atoms with Crippen molar-refractivity contribution in [1.82, 2.24) is 9.88 Å². The second-order valence-electron chi connectivity index (χ2n) is 3.96. The monoisotopic (exact) mass is 419 g/mol. The molecule has 0 unspecified atom stereocenters. The first-order valence-electron chi connectivity index (χ1n) is 5.46. The summed E-state index contributed by atoms with van der Waals surface area (Å²) in [5.41, 5.74) is 2.11. The maximum atomic E-state index is 4.62. The molecule has 0 atom stereocenters. The van der Waals surface area contributed by atoms with Crippen molar-refractivity contribution in [2.45, 2.75) is 0 Å². The molecule has 0 aliphatic heterocycles. The predicted octanol–water partition coefficient (Wildman–Crippen LogP) is 4.76. The summed E-state index contributed by atoms with van der Waals surface area (Å²) >= 11 is 8.83. The van der Waals surface area contributed by atoms with E-state index in [0.717, 1.165) is 16.4 Å². The van der Waals surface area contributed by atoms with E-state index in [1.165, 1.54) is 4.62 Å². The van der Waals surface area contributed by atoms with E-state index in [9.17, 15) is 0 Å². The number of thiazole rings is 1. The first-order chi connectivity index (χ1) is 9.08. The molecule has 2 aromatic rings. The van der Waals surface area contributed by atoms with Crippen LogP contribution in [0, 0.1) is 0 Å². The summed E-state index contributed by atoms with van der Waals surface area (Å²) in [5, 5.41) is 0.220. The largest absolute Gasteiger partial charge is 0.369 e. The lowest BCUT2D eigenvalue weighted by Gasteiger charge is -2.01. The van der Waals surface area contributed by atoms with Gasteiger partial charge in [0.15, 0.2) is 0 Å². The van der Waals surface area contributed by atoms with Gasteiger partial charge in [-0.25, -0.2) is 9.98 Å². The minimum atomic E-state index is -0.552. The summed E-state index contributed by atoms with van der Waals surface area (Å²) in [6, 6.07) is 10.2. The molecule has 0 N–H and O–H groups in total. The lowest BCUT2D eigenvalue weighted by molar-refractivity contribution is 0.643. The Hall–Kier alpha value is -0.290. The maximum Gasteiger partial charge on any atom is 0.211 e. The normalized spacial score (nSPS) is 11.4. The molecule has 1 aromatic heterocycles. The van der Waals surface area contributed by atoms with Crippen LogP contribution in [-0.2, 0) is 0 Å². The van der Waals surface area contributed by atoms with E-state index in [1.54, 1.807) is 17.7 Å². The summed E-state index contributed by atoms with van der Waals surface area (Å²) in [4.78, 5) is 10.9. The fourth-order valence-electron chi connectivity index (χ4n) is 1.42. The summed E-state index contributed by atoms with van der Waals surface area (Å²) in [6.45, 7) is 0. The van der Waals surface area contributed by atoms with E-state index in [2.05, 4.69) is 53.1 Å². The molecule has 0 fully saturated rings. The maximum absolute atomic E-state index is 4.62.